The highest BCUT2D eigenvalue weighted by atomic mass is 32.1. The number of thiazole rings is 1. The summed E-state index contributed by atoms with van der Waals surface area (Å²) in [5, 5.41) is 2.47. The largest absolute Gasteiger partial charge is 0.493 e. The van der Waals surface area contributed by atoms with Crippen LogP contribution in [0.25, 0.3) is 0 Å². The fourth-order valence-corrected chi connectivity index (χ4v) is 3.47. The lowest BCUT2D eigenvalue weighted by Crippen LogP contribution is -2.44. The van der Waals surface area contributed by atoms with E-state index < -0.39 is 24.4 Å². The predicted octanol–water partition coefficient (Wildman–Crippen LogP) is 2.59. The predicted molar refractivity (Wildman–Crippen MR) is 121 cm³/mol. The second-order valence-electron chi connectivity index (χ2n) is 6.87. The van der Waals surface area contributed by atoms with Gasteiger partial charge in [0.2, 0.25) is 5.91 Å². The summed E-state index contributed by atoms with van der Waals surface area (Å²) in [6, 6.07) is 14.2. The van der Waals surface area contributed by atoms with Gasteiger partial charge in [0.15, 0.2) is 18.1 Å². The first kappa shape index (κ1) is 23.7. The second kappa shape index (κ2) is 11.6. The average molecular weight is 470 g/mol. The van der Waals surface area contributed by atoms with Crippen molar-refractivity contribution in [3.05, 3.63) is 75.7 Å². The van der Waals surface area contributed by atoms with Crippen LogP contribution in [0.4, 0.5) is 0 Å². The van der Waals surface area contributed by atoms with Gasteiger partial charge in [0.1, 0.15) is 11.6 Å². The molecule has 0 radical (unpaired) electrons. The van der Waals surface area contributed by atoms with Gasteiger partial charge in [0.25, 0.3) is 5.91 Å². The van der Waals surface area contributed by atoms with Crippen LogP contribution in [0.3, 0.4) is 0 Å². The molecule has 2 N–H and O–H groups in total. The Morgan fingerprint density at radius 2 is 1.76 bits per heavy atom. The number of carbonyl (C=O) groups is 3. The van der Waals surface area contributed by atoms with Crippen LogP contribution >= 0.6 is 11.3 Å². The number of nitrogens with one attached hydrogen (secondary N) is 2. The standard InChI is InChI=1S/C23H23N3O6S/c1-15-14-33-22(24-15)11-20(27)25-26-21(28)13-32-23(29)17-8-9-18(19(10-17)30-2)31-12-16-6-4-3-5-7-16/h3-10,14H,11-13H2,1-2H3,(H,25,27)(H,26,28). The number of hydrazine groups is 1. The lowest BCUT2D eigenvalue weighted by molar-refractivity contribution is -0.130. The second-order valence-corrected chi connectivity index (χ2v) is 7.81. The summed E-state index contributed by atoms with van der Waals surface area (Å²) < 4.78 is 16.1. The van der Waals surface area contributed by atoms with Gasteiger partial charge in [0, 0.05) is 11.1 Å². The Kier molecular flexibility index (Phi) is 8.36. The maximum absolute atomic E-state index is 12.3. The smallest absolute Gasteiger partial charge is 0.338 e. The molecule has 172 valence electrons. The number of methoxy groups -OCH3 is 1. The molecule has 3 aromatic rings. The van der Waals surface area contributed by atoms with E-state index in [4.69, 9.17) is 14.2 Å². The molecule has 33 heavy (non-hydrogen) atoms. The third-order valence-electron chi connectivity index (χ3n) is 4.29. The molecule has 9 nitrogen and oxygen atoms in total. The van der Waals surface area contributed by atoms with Crippen LogP contribution < -0.4 is 20.3 Å². The fraction of sp³-hybridized carbons (Fsp3) is 0.217. The summed E-state index contributed by atoms with van der Waals surface area (Å²) in [7, 11) is 1.46. The minimum Gasteiger partial charge on any atom is -0.493 e. The molecule has 0 fully saturated rings. The van der Waals surface area contributed by atoms with Crippen molar-refractivity contribution in [2.24, 2.45) is 0 Å². The molecular weight excluding hydrogens is 446 g/mol. The number of benzene rings is 2. The number of nitrogens with zero attached hydrogens (tertiary/aromatic N) is 1. The lowest BCUT2D eigenvalue weighted by Gasteiger charge is -2.12. The molecule has 0 bridgehead atoms. The third-order valence-corrected chi connectivity index (χ3v) is 5.26. The van der Waals surface area contributed by atoms with Crippen molar-refractivity contribution < 1.29 is 28.6 Å². The molecule has 1 aromatic heterocycles. The van der Waals surface area contributed by atoms with E-state index >= 15 is 0 Å². The number of rotatable bonds is 9. The van der Waals surface area contributed by atoms with Crippen LogP contribution in [0.2, 0.25) is 0 Å². The highest BCUT2D eigenvalue weighted by molar-refractivity contribution is 7.09. The molecule has 0 aliphatic carbocycles. The van der Waals surface area contributed by atoms with Gasteiger partial charge >= 0.3 is 5.97 Å². The van der Waals surface area contributed by atoms with Gasteiger partial charge < -0.3 is 14.2 Å². The summed E-state index contributed by atoms with van der Waals surface area (Å²) in [5.74, 6) is -1.01. The van der Waals surface area contributed by atoms with Gasteiger partial charge in [-0.2, -0.15) is 0 Å². The molecule has 0 aliphatic heterocycles. The maximum Gasteiger partial charge on any atom is 0.338 e. The minimum absolute atomic E-state index is 0.0388. The molecule has 0 aliphatic rings. The summed E-state index contributed by atoms with van der Waals surface area (Å²) >= 11 is 1.36. The molecule has 0 atom stereocenters. The van der Waals surface area contributed by atoms with Crippen LogP contribution in [0.15, 0.2) is 53.9 Å². The van der Waals surface area contributed by atoms with Gasteiger partial charge in [-0.05, 0) is 30.7 Å². The SMILES string of the molecule is COc1cc(C(=O)OCC(=O)NNC(=O)Cc2nc(C)cs2)ccc1OCc1ccccc1. The Morgan fingerprint density at radius 1 is 1.00 bits per heavy atom. The first-order valence-corrected chi connectivity index (χ1v) is 10.8. The maximum atomic E-state index is 12.3. The van der Waals surface area contributed by atoms with Crippen LogP contribution in [0.1, 0.15) is 26.6 Å². The molecule has 1 heterocycles. The monoisotopic (exact) mass is 469 g/mol. The average Bonchev–Trinajstić information content (AvgIpc) is 3.24. The zero-order chi connectivity index (χ0) is 23.6. The number of carbonyl (C=O) groups excluding carboxylic acids is 3. The van der Waals surface area contributed by atoms with Crippen molar-refractivity contribution in [2.75, 3.05) is 13.7 Å². The number of aryl methyl sites for hydroxylation is 1. The van der Waals surface area contributed by atoms with Gasteiger partial charge in [-0.3, -0.25) is 20.4 Å². The number of hydrogen-bond donors (Lipinski definition) is 2. The summed E-state index contributed by atoms with van der Waals surface area (Å²) in [4.78, 5) is 40.2. The number of hydrogen-bond acceptors (Lipinski definition) is 8. The summed E-state index contributed by atoms with van der Waals surface area (Å²) in [6.45, 7) is 1.61. The van der Waals surface area contributed by atoms with Crippen molar-refractivity contribution in [3.63, 3.8) is 0 Å². The number of esters is 1. The van der Waals surface area contributed by atoms with Gasteiger partial charge in [-0.1, -0.05) is 30.3 Å². The zero-order valence-corrected chi connectivity index (χ0v) is 18.9. The van der Waals surface area contributed by atoms with Gasteiger partial charge in [-0.25, -0.2) is 9.78 Å². The Labute approximate surface area is 194 Å². The quantitative estimate of drug-likeness (QED) is 0.366. The van der Waals surface area contributed by atoms with E-state index in [2.05, 4.69) is 15.8 Å². The minimum atomic E-state index is -0.720. The van der Waals surface area contributed by atoms with E-state index in [1.807, 2.05) is 42.6 Å². The number of ether oxygens (including phenoxy) is 3. The van der Waals surface area contributed by atoms with E-state index in [0.717, 1.165) is 11.3 Å². The van der Waals surface area contributed by atoms with Crippen LogP contribution in [0.5, 0.6) is 11.5 Å². The Bertz CT molecular complexity index is 1120. The number of amides is 2. The normalized spacial score (nSPS) is 10.2. The van der Waals surface area contributed by atoms with E-state index in [9.17, 15) is 14.4 Å². The molecule has 10 heteroatoms. The van der Waals surface area contributed by atoms with Gasteiger partial charge in [0.05, 0.1) is 19.1 Å². The van der Waals surface area contributed by atoms with Crippen LogP contribution in [-0.2, 0) is 27.4 Å². The van der Waals surface area contributed by atoms with Crippen LogP contribution in [0, 0.1) is 6.92 Å². The lowest BCUT2D eigenvalue weighted by atomic mass is 10.2. The third kappa shape index (κ3) is 7.32. The Morgan fingerprint density at radius 3 is 2.45 bits per heavy atom. The van der Waals surface area contributed by atoms with E-state index in [1.165, 1.54) is 30.6 Å². The van der Waals surface area contributed by atoms with Crippen molar-refractivity contribution in [1.29, 1.82) is 0 Å². The van der Waals surface area contributed by atoms with E-state index in [0.29, 0.717) is 23.1 Å². The molecule has 2 amide bonds. The fourth-order valence-electron chi connectivity index (χ4n) is 2.70. The topological polar surface area (TPSA) is 116 Å². The first-order chi connectivity index (χ1) is 15.9. The number of aromatic nitrogens is 1. The van der Waals surface area contributed by atoms with E-state index in [-0.39, 0.29) is 12.0 Å². The Balaban J connectivity index is 1.46. The molecule has 2 aromatic carbocycles. The first-order valence-electron chi connectivity index (χ1n) is 9.95. The highest BCUT2D eigenvalue weighted by Gasteiger charge is 2.15. The zero-order valence-electron chi connectivity index (χ0n) is 18.1. The van der Waals surface area contributed by atoms with Crippen molar-refractivity contribution in [3.8, 4) is 11.5 Å². The summed E-state index contributed by atoms with van der Waals surface area (Å²) in [5.41, 5.74) is 6.46. The molecular formula is C23H23N3O6S. The van der Waals surface area contributed by atoms with Crippen molar-refractivity contribution >= 4 is 29.1 Å². The van der Waals surface area contributed by atoms with Crippen molar-refractivity contribution in [2.45, 2.75) is 20.0 Å². The molecule has 0 saturated heterocycles. The molecule has 0 saturated carbocycles. The van der Waals surface area contributed by atoms with Crippen molar-refractivity contribution in [1.82, 2.24) is 15.8 Å². The summed E-state index contributed by atoms with van der Waals surface area (Å²) in [6.07, 6.45) is 0.0388. The highest BCUT2D eigenvalue weighted by Crippen LogP contribution is 2.29. The molecule has 0 unspecified atom stereocenters. The van der Waals surface area contributed by atoms with E-state index in [1.54, 1.807) is 6.07 Å². The molecule has 3 rings (SSSR count). The Hall–Kier alpha value is -3.92. The molecule has 0 spiro atoms. The van der Waals surface area contributed by atoms with Gasteiger partial charge in [-0.15, -0.1) is 11.3 Å². The van der Waals surface area contributed by atoms with Crippen LogP contribution in [-0.4, -0.2) is 36.5 Å².